The normalized spacial score (nSPS) is 22.7. The summed E-state index contributed by atoms with van der Waals surface area (Å²) in [6.07, 6.45) is 1.73. The van der Waals surface area contributed by atoms with Crippen LogP contribution >= 0.6 is 0 Å². The van der Waals surface area contributed by atoms with Gasteiger partial charge in [-0.25, -0.2) is 4.39 Å². The van der Waals surface area contributed by atoms with E-state index in [0.29, 0.717) is 18.2 Å². The lowest BCUT2D eigenvalue weighted by molar-refractivity contribution is 0.0888. The summed E-state index contributed by atoms with van der Waals surface area (Å²) < 4.78 is 12.8. The number of hydrogen-bond donors (Lipinski definition) is 1. The zero-order chi connectivity index (χ0) is 14.7. The van der Waals surface area contributed by atoms with E-state index in [0.717, 1.165) is 25.7 Å². The van der Waals surface area contributed by atoms with Crippen molar-refractivity contribution in [3.63, 3.8) is 0 Å². The number of nitrogens with zero attached hydrogens (tertiary/aromatic N) is 2. The average molecular weight is 280 g/mol. The fraction of sp³-hybridized carbons (Fsp3) is 0.600. The molecule has 1 fully saturated rings. The van der Waals surface area contributed by atoms with Crippen LogP contribution in [0.15, 0.2) is 18.3 Å². The van der Waals surface area contributed by atoms with Gasteiger partial charge in [-0.3, -0.25) is 9.78 Å². The van der Waals surface area contributed by atoms with Crippen molar-refractivity contribution in [2.75, 3.05) is 19.6 Å². The summed E-state index contributed by atoms with van der Waals surface area (Å²) in [7, 11) is 0. The van der Waals surface area contributed by atoms with Crippen LogP contribution in [0, 0.1) is 17.7 Å². The highest BCUT2D eigenvalue weighted by molar-refractivity contribution is 5.95. The zero-order valence-corrected chi connectivity index (χ0v) is 11.9. The molecule has 1 N–H and O–H groups in total. The predicted molar refractivity (Wildman–Crippen MR) is 73.9 cm³/mol. The third-order valence-corrected chi connectivity index (χ3v) is 3.95. The molecule has 2 rings (SSSR count). The Bertz CT molecular complexity index is 461. The minimum Gasteiger partial charge on any atom is -0.393 e. The van der Waals surface area contributed by atoms with E-state index in [9.17, 15) is 14.3 Å². The Kier molecular flexibility index (Phi) is 4.83. The molecule has 0 aromatic carbocycles. The van der Waals surface area contributed by atoms with E-state index in [1.807, 2.05) is 13.8 Å². The number of rotatable bonds is 5. The number of carbonyl (C=O) groups excluding carboxylic acids is 1. The first-order chi connectivity index (χ1) is 9.47. The third kappa shape index (κ3) is 3.61. The van der Waals surface area contributed by atoms with Crippen LogP contribution in [0.1, 0.15) is 30.8 Å². The van der Waals surface area contributed by atoms with Crippen LogP contribution in [0.4, 0.5) is 4.39 Å². The molecule has 1 aromatic rings. The van der Waals surface area contributed by atoms with Gasteiger partial charge in [0.05, 0.1) is 12.3 Å². The molecule has 5 heteroatoms. The number of Topliss-reactive ketones (excluding diaryl/α,β-unsaturated/α-hetero) is 1. The maximum Gasteiger partial charge on any atom is 0.185 e. The van der Waals surface area contributed by atoms with Crippen LogP contribution in [-0.4, -0.2) is 46.5 Å². The van der Waals surface area contributed by atoms with Gasteiger partial charge < -0.3 is 10.0 Å². The highest BCUT2D eigenvalue weighted by Crippen LogP contribution is 2.21. The Balaban J connectivity index is 1.90. The minimum absolute atomic E-state index is 0.0644. The first-order valence-electron chi connectivity index (χ1n) is 7.03. The molecule has 1 aliphatic rings. The van der Waals surface area contributed by atoms with Crippen LogP contribution in [-0.2, 0) is 0 Å². The molecular weight excluding hydrogens is 259 g/mol. The number of aliphatic hydroxyl groups is 1. The van der Waals surface area contributed by atoms with Gasteiger partial charge in [-0.15, -0.1) is 0 Å². The predicted octanol–water partition coefficient (Wildman–Crippen LogP) is 1.74. The first kappa shape index (κ1) is 15.1. The Morgan fingerprint density at radius 3 is 2.85 bits per heavy atom. The molecule has 0 amide bonds. The van der Waals surface area contributed by atoms with Crippen LogP contribution in [0.5, 0.6) is 0 Å². The number of likely N-dealkylation sites (tertiary alicyclic amines) is 1. The van der Waals surface area contributed by atoms with E-state index in [2.05, 4.69) is 9.88 Å². The number of carbonyl (C=O) groups is 1. The van der Waals surface area contributed by atoms with Crippen molar-refractivity contribution in [3.05, 3.63) is 29.8 Å². The van der Waals surface area contributed by atoms with E-state index in [-0.39, 0.29) is 17.8 Å². The average Bonchev–Trinajstić information content (AvgIpc) is 2.87. The van der Waals surface area contributed by atoms with E-state index < -0.39 is 5.82 Å². The summed E-state index contributed by atoms with van der Waals surface area (Å²) >= 11 is 0. The molecule has 20 heavy (non-hydrogen) atoms. The highest BCUT2D eigenvalue weighted by Gasteiger charge is 2.28. The van der Waals surface area contributed by atoms with Crippen LogP contribution < -0.4 is 0 Å². The highest BCUT2D eigenvalue weighted by atomic mass is 19.1. The van der Waals surface area contributed by atoms with Gasteiger partial charge in [-0.1, -0.05) is 6.92 Å². The summed E-state index contributed by atoms with van der Waals surface area (Å²) in [6.45, 7) is 6.06. The van der Waals surface area contributed by atoms with Gasteiger partial charge in [0, 0.05) is 19.0 Å². The lowest BCUT2D eigenvalue weighted by atomic mass is 10.0. The molecule has 3 atom stereocenters. The molecule has 0 spiro atoms. The number of ketones is 1. The number of hydrogen-bond acceptors (Lipinski definition) is 4. The molecule has 0 aliphatic carbocycles. The van der Waals surface area contributed by atoms with Crippen molar-refractivity contribution >= 4 is 5.78 Å². The van der Waals surface area contributed by atoms with Gasteiger partial charge in [0.1, 0.15) is 11.5 Å². The third-order valence-electron chi connectivity index (χ3n) is 3.95. The summed E-state index contributed by atoms with van der Waals surface area (Å²) in [5, 5.41) is 9.58. The van der Waals surface area contributed by atoms with Crippen molar-refractivity contribution < 1.29 is 14.3 Å². The second-order valence-corrected chi connectivity index (χ2v) is 5.68. The number of halogens is 1. The Morgan fingerprint density at radius 2 is 2.30 bits per heavy atom. The topological polar surface area (TPSA) is 53.4 Å². The van der Waals surface area contributed by atoms with Crippen molar-refractivity contribution in [1.82, 2.24) is 9.88 Å². The molecule has 2 heterocycles. The maximum absolute atomic E-state index is 12.8. The minimum atomic E-state index is -0.437. The van der Waals surface area contributed by atoms with Gasteiger partial charge in [0.25, 0.3) is 0 Å². The quantitative estimate of drug-likeness (QED) is 0.835. The molecule has 0 bridgehead atoms. The van der Waals surface area contributed by atoms with Crippen molar-refractivity contribution in [2.24, 2.45) is 11.8 Å². The Hall–Kier alpha value is -1.33. The standard InChI is InChI=1S/C15H21FN2O2/c1-10(8-18-6-5-12(9-18)11(2)19)15(20)14-4-3-13(16)7-17-14/h3-4,7,10-12,19H,5-6,8-9H2,1-2H3. The molecule has 1 aromatic heterocycles. The maximum atomic E-state index is 12.8. The van der Waals surface area contributed by atoms with Crippen molar-refractivity contribution in [3.8, 4) is 0 Å². The summed E-state index contributed by atoms with van der Waals surface area (Å²) in [5.41, 5.74) is 0.310. The van der Waals surface area contributed by atoms with Gasteiger partial charge in [-0.05, 0) is 37.9 Å². The summed E-state index contributed by atoms with van der Waals surface area (Å²) in [4.78, 5) is 18.2. The Morgan fingerprint density at radius 1 is 1.55 bits per heavy atom. The van der Waals surface area contributed by atoms with E-state index >= 15 is 0 Å². The molecule has 110 valence electrons. The van der Waals surface area contributed by atoms with Crippen LogP contribution in [0.25, 0.3) is 0 Å². The fourth-order valence-corrected chi connectivity index (χ4v) is 2.67. The number of aliphatic hydroxyl groups excluding tert-OH is 1. The summed E-state index contributed by atoms with van der Waals surface area (Å²) in [6, 6.07) is 2.68. The second-order valence-electron chi connectivity index (χ2n) is 5.68. The number of aromatic nitrogens is 1. The van der Waals surface area contributed by atoms with Gasteiger partial charge in [-0.2, -0.15) is 0 Å². The van der Waals surface area contributed by atoms with E-state index in [1.54, 1.807) is 0 Å². The SMILES string of the molecule is CC(CN1CCC(C(C)O)C1)C(=O)c1ccc(F)cn1. The smallest absolute Gasteiger partial charge is 0.185 e. The van der Waals surface area contributed by atoms with Crippen LogP contribution in [0.3, 0.4) is 0 Å². The second kappa shape index (κ2) is 6.41. The first-order valence-corrected chi connectivity index (χ1v) is 7.03. The molecular formula is C15H21FN2O2. The lowest BCUT2D eigenvalue weighted by Gasteiger charge is -2.20. The van der Waals surface area contributed by atoms with E-state index in [4.69, 9.17) is 0 Å². The van der Waals surface area contributed by atoms with E-state index in [1.165, 1.54) is 12.1 Å². The van der Waals surface area contributed by atoms with Gasteiger partial charge >= 0.3 is 0 Å². The molecule has 0 radical (unpaired) electrons. The van der Waals surface area contributed by atoms with Gasteiger partial charge in [0.15, 0.2) is 5.78 Å². The van der Waals surface area contributed by atoms with Crippen molar-refractivity contribution in [1.29, 1.82) is 0 Å². The van der Waals surface area contributed by atoms with Crippen molar-refractivity contribution in [2.45, 2.75) is 26.4 Å². The largest absolute Gasteiger partial charge is 0.393 e. The van der Waals surface area contributed by atoms with Crippen LogP contribution in [0.2, 0.25) is 0 Å². The zero-order valence-electron chi connectivity index (χ0n) is 11.9. The lowest BCUT2D eigenvalue weighted by Crippen LogP contribution is -2.31. The van der Waals surface area contributed by atoms with Gasteiger partial charge in [0.2, 0.25) is 0 Å². The molecule has 4 nitrogen and oxygen atoms in total. The summed E-state index contributed by atoms with van der Waals surface area (Å²) in [5.74, 6) is -0.388. The Labute approximate surface area is 118 Å². The molecule has 3 unspecified atom stereocenters. The molecule has 0 saturated carbocycles. The number of pyridine rings is 1. The molecule has 1 saturated heterocycles. The fourth-order valence-electron chi connectivity index (χ4n) is 2.67. The molecule has 1 aliphatic heterocycles. The monoisotopic (exact) mass is 280 g/mol.